The van der Waals surface area contributed by atoms with Crippen molar-refractivity contribution in [2.45, 2.75) is 105 Å². The van der Waals surface area contributed by atoms with Gasteiger partial charge >= 0.3 is 37.9 Å². The van der Waals surface area contributed by atoms with Gasteiger partial charge in [-0.15, -0.1) is 69.1 Å². The molecule has 0 amide bonds. The molecule has 50 heavy (non-hydrogen) atoms. The second-order valence-electron chi connectivity index (χ2n) is 13.2. The number of fused-ring (bicyclic) bond motifs is 2. The molecule has 0 bridgehead atoms. The first-order valence-corrected chi connectivity index (χ1v) is 26.7. The van der Waals surface area contributed by atoms with E-state index in [-0.39, 0.29) is 0 Å². The van der Waals surface area contributed by atoms with E-state index in [1.54, 1.807) is 0 Å². The Hall–Kier alpha value is -2.22. The number of aryl methyl sites for hydroxylation is 2. The molecule has 0 saturated carbocycles. The molecule has 2 atom stereocenters. The Morgan fingerprint density at radius 3 is 1.22 bits per heavy atom. The van der Waals surface area contributed by atoms with Crippen LogP contribution in [0.3, 0.4) is 0 Å². The molecule has 0 aliphatic rings. The summed E-state index contributed by atoms with van der Waals surface area (Å²) in [5.74, 6) is 1.26. The van der Waals surface area contributed by atoms with Gasteiger partial charge in [0, 0.05) is 9.52 Å². The predicted octanol–water partition coefficient (Wildman–Crippen LogP) is 15.5. The summed E-state index contributed by atoms with van der Waals surface area (Å²) in [5, 5.41) is 5.61. The fraction of sp³-hybridized carbons (Fsp3) is 0.348. The van der Waals surface area contributed by atoms with Crippen molar-refractivity contribution >= 4 is 48.1 Å². The fourth-order valence-corrected chi connectivity index (χ4v) is 6.59. The van der Waals surface area contributed by atoms with Crippen LogP contribution in [0.2, 0.25) is 13.1 Å². The molecule has 0 aliphatic carbocycles. The van der Waals surface area contributed by atoms with Crippen molar-refractivity contribution in [2.75, 3.05) is 0 Å². The predicted molar refractivity (Wildman–Crippen MR) is 225 cm³/mol. The Balaban J connectivity index is 0.000000234. The number of hydrogen-bond donors (Lipinski definition) is 0. The zero-order valence-electron chi connectivity index (χ0n) is 31.5. The topological polar surface area (TPSA) is 0 Å². The van der Waals surface area contributed by atoms with Crippen molar-refractivity contribution in [1.29, 1.82) is 0 Å². The summed E-state index contributed by atoms with van der Waals surface area (Å²) in [5.41, 5.74) is 11.5. The van der Waals surface area contributed by atoms with E-state index in [0.29, 0.717) is 11.8 Å². The van der Waals surface area contributed by atoms with E-state index in [1.807, 2.05) is 0 Å². The third-order valence-corrected chi connectivity index (χ3v) is 9.52. The van der Waals surface area contributed by atoms with E-state index in [4.69, 9.17) is 17.0 Å². The molecule has 262 valence electrons. The number of rotatable bonds is 10. The molecule has 0 heterocycles. The zero-order valence-corrected chi connectivity index (χ0v) is 36.5. The minimum absolute atomic E-state index is 0.630. The third-order valence-electron chi connectivity index (χ3n) is 9.52. The number of hydrogen-bond acceptors (Lipinski definition) is 0. The van der Waals surface area contributed by atoms with Crippen LogP contribution >= 0.6 is 17.0 Å². The molecule has 0 spiro atoms. The molecule has 2 unspecified atom stereocenters. The van der Waals surface area contributed by atoms with Crippen molar-refractivity contribution in [3.05, 3.63) is 131 Å². The average molecular weight is 799 g/mol. The molecule has 6 aromatic rings. The van der Waals surface area contributed by atoms with Gasteiger partial charge in [0.1, 0.15) is 0 Å². The van der Waals surface area contributed by atoms with Crippen LogP contribution in [0.25, 0.3) is 43.8 Å². The summed E-state index contributed by atoms with van der Waals surface area (Å²) >= 11 is -0.826. The van der Waals surface area contributed by atoms with Crippen molar-refractivity contribution in [3.8, 4) is 22.3 Å². The molecule has 2 radical (unpaired) electrons. The van der Waals surface area contributed by atoms with Crippen LogP contribution in [-0.4, -0.2) is 9.52 Å². The van der Waals surface area contributed by atoms with Gasteiger partial charge in [0.2, 0.25) is 0 Å². The maximum atomic E-state index is 4.93. The molecule has 0 N–H and O–H groups in total. The van der Waals surface area contributed by atoms with E-state index in [1.165, 1.54) is 91.7 Å². The Morgan fingerprint density at radius 2 is 0.920 bits per heavy atom. The molecule has 0 aromatic heterocycles. The summed E-state index contributed by atoms with van der Waals surface area (Å²) in [6, 6.07) is 40.6. The van der Waals surface area contributed by atoms with E-state index in [0.717, 1.165) is 22.4 Å². The molecular weight excluding hydrogens is 743 g/mol. The van der Waals surface area contributed by atoms with Gasteiger partial charge < -0.3 is 0 Å². The summed E-state index contributed by atoms with van der Waals surface area (Å²) < 4.78 is 0. The SMILES string of the molecule is CCCc1ccc2[cH-]c(C(C)CC)cc2c1-c1ccccc1.CCCc1ccc2[cH-]c(C(C)CC)cc2c1-c1ccccc1.C[Si]C.[Cl][Zr+2][Cl]. The normalized spacial score (nSPS) is 11.7. The molecule has 0 saturated heterocycles. The Morgan fingerprint density at radius 1 is 0.580 bits per heavy atom. The van der Waals surface area contributed by atoms with Gasteiger partial charge in [0.05, 0.1) is 0 Å². The minimum atomic E-state index is -0.826. The van der Waals surface area contributed by atoms with Crippen LogP contribution in [-0.2, 0) is 33.7 Å². The molecule has 6 rings (SSSR count). The Bertz CT molecular complexity index is 1680. The molecular formula is C46H56Cl2SiZr. The van der Waals surface area contributed by atoms with E-state index >= 15 is 0 Å². The van der Waals surface area contributed by atoms with Crippen molar-refractivity contribution < 1.29 is 20.8 Å². The van der Waals surface area contributed by atoms with Gasteiger partial charge in [0.25, 0.3) is 0 Å². The molecule has 4 heteroatoms. The van der Waals surface area contributed by atoms with E-state index in [2.05, 4.69) is 164 Å². The summed E-state index contributed by atoms with van der Waals surface area (Å²) in [7, 11) is 11.0. The molecule has 0 aliphatic heterocycles. The van der Waals surface area contributed by atoms with Crippen LogP contribution in [0.4, 0.5) is 0 Å². The van der Waals surface area contributed by atoms with Gasteiger partial charge in [-0.1, -0.05) is 163 Å². The first-order chi connectivity index (χ1) is 24.3. The van der Waals surface area contributed by atoms with Crippen molar-refractivity contribution in [3.63, 3.8) is 0 Å². The van der Waals surface area contributed by atoms with E-state index in [9.17, 15) is 0 Å². The van der Waals surface area contributed by atoms with Crippen LogP contribution in [0.1, 0.15) is 101 Å². The van der Waals surface area contributed by atoms with Crippen LogP contribution in [0, 0.1) is 0 Å². The summed E-state index contributed by atoms with van der Waals surface area (Å²) in [6.45, 7) is 18.0. The van der Waals surface area contributed by atoms with Crippen LogP contribution in [0.5, 0.6) is 0 Å². The van der Waals surface area contributed by atoms with Gasteiger partial charge in [-0.05, 0) is 35.8 Å². The van der Waals surface area contributed by atoms with Gasteiger partial charge in [0.15, 0.2) is 0 Å². The zero-order chi connectivity index (χ0) is 36.5. The second-order valence-corrected chi connectivity index (χ2v) is 17.9. The number of benzene rings is 4. The van der Waals surface area contributed by atoms with Gasteiger partial charge in [-0.25, -0.2) is 0 Å². The third kappa shape index (κ3) is 11.4. The van der Waals surface area contributed by atoms with E-state index < -0.39 is 20.8 Å². The second kappa shape index (κ2) is 22.7. The molecule has 6 aromatic carbocycles. The molecule has 0 fully saturated rings. The summed E-state index contributed by atoms with van der Waals surface area (Å²) in [6.07, 6.45) is 7.04. The van der Waals surface area contributed by atoms with Gasteiger partial charge in [-0.2, -0.15) is 12.1 Å². The summed E-state index contributed by atoms with van der Waals surface area (Å²) in [4.78, 5) is 0. The van der Waals surface area contributed by atoms with Crippen LogP contribution in [0.15, 0.2) is 109 Å². The fourth-order valence-electron chi connectivity index (χ4n) is 6.59. The Labute approximate surface area is 325 Å². The quantitative estimate of drug-likeness (QED) is 0.0956. The van der Waals surface area contributed by atoms with Gasteiger partial charge in [-0.3, -0.25) is 0 Å². The first-order valence-electron chi connectivity index (χ1n) is 18.4. The monoisotopic (exact) mass is 796 g/mol. The maximum absolute atomic E-state index is 4.93. The van der Waals surface area contributed by atoms with Crippen molar-refractivity contribution in [2.24, 2.45) is 0 Å². The first kappa shape index (κ1) is 42.2. The standard InChI is InChI=1S/2C22H25.C2H6Si.2ClH.Zr/c2*1-4-9-17-12-13-19-14-20(16(3)5-2)15-21(19)22(17)18-10-7-6-8-11-18;1-3-2;;;/h2*6-8,10-16H,4-5,9H2,1-3H3;1-2H3;2*1H;/q2*-1;;;;+4/p-2. The molecule has 0 nitrogen and oxygen atoms in total. The van der Waals surface area contributed by atoms with Crippen molar-refractivity contribution in [1.82, 2.24) is 0 Å². The number of halogens is 2. The Kier molecular flexibility index (Phi) is 19.1. The average Bonchev–Trinajstić information content (AvgIpc) is 3.78. The van der Waals surface area contributed by atoms with Crippen LogP contribution < -0.4 is 0 Å².